The van der Waals surface area contributed by atoms with Gasteiger partial charge in [-0.15, -0.1) is 0 Å². The third-order valence-electron chi connectivity index (χ3n) is 14.1. The molecule has 0 aliphatic carbocycles. The van der Waals surface area contributed by atoms with Crippen LogP contribution in [-0.4, -0.2) is 37.2 Å². The lowest BCUT2D eigenvalue weighted by Crippen LogP contribution is -2.30. The van der Waals surface area contributed by atoms with E-state index in [-0.39, 0.29) is 31.1 Å². The van der Waals surface area contributed by atoms with Crippen molar-refractivity contribution in [2.75, 3.05) is 13.2 Å². The molecule has 0 aliphatic rings. The van der Waals surface area contributed by atoms with Crippen molar-refractivity contribution in [2.24, 2.45) is 17.8 Å². The van der Waals surface area contributed by atoms with Gasteiger partial charge in [0.1, 0.15) is 13.2 Å². The van der Waals surface area contributed by atoms with Crippen LogP contribution in [0, 0.1) is 17.8 Å². The van der Waals surface area contributed by atoms with Gasteiger partial charge in [0.05, 0.1) is 0 Å². The quantitative estimate of drug-likeness (QED) is 0.0343. The smallest absolute Gasteiger partial charge is 0.306 e. The summed E-state index contributed by atoms with van der Waals surface area (Å²) in [5.41, 5.74) is 0. The van der Waals surface area contributed by atoms with Crippen LogP contribution in [-0.2, 0) is 28.6 Å². The molecule has 0 saturated heterocycles. The van der Waals surface area contributed by atoms with Gasteiger partial charge in [-0.2, -0.15) is 0 Å². The number of hydrogen-bond donors (Lipinski definition) is 0. The second-order valence-corrected chi connectivity index (χ2v) is 22.8. The fourth-order valence-electron chi connectivity index (χ4n) is 9.53. The maximum Gasteiger partial charge on any atom is 0.306 e. The van der Waals surface area contributed by atoms with E-state index >= 15 is 0 Å². The minimum atomic E-state index is -0.764. The fourth-order valence-corrected chi connectivity index (χ4v) is 9.53. The van der Waals surface area contributed by atoms with Crippen LogP contribution in [0.3, 0.4) is 0 Å². The predicted octanol–water partition coefficient (Wildman–Crippen LogP) is 20.3. The number of carbonyl (C=O) groups excluding carboxylic acids is 3. The molecule has 404 valence electrons. The van der Waals surface area contributed by atoms with Gasteiger partial charge in [0.15, 0.2) is 6.10 Å². The molecule has 0 aromatic carbocycles. The maximum atomic E-state index is 12.9. The summed E-state index contributed by atoms with van der Waals surface area (Å²) in [6, 6.07) is 0. The number of rotatable bonds is 55. The zero-order valence-electron chi connectivity index (χ0n) is 46.9. The van der Waals surface area contributed by atoms with E-state index in [4.69, 9.17) is 14.2 Å². The van der Waals surface area contributed by atoms with Crippen molar-refractivity contribution in [2.45, 2.75) is 349 Å². The maximum absolute atomic E-state index is 12.9. The Bertz CT molecular complexity index is 1050. The first-order valence-corrected chi connectivity index (χ1v) is 30.6. The van der Waals surface area contributed by atoms with E-state index < -0.39 is 6.10 Å². The SMILES string of the molecule is CC(C)CCCCCCCCCCCCCCCCCCCCC(=O)O[C@@H](COC(=O)CCCCCCCCCCCCCCCCC(C)C)COC(=O)CCCCCCCCCCCC(C)C. The van der Waals surface area contributed by atoms with E-state index in [0.717, 1.165) is 75.5 Å². The lowest BCUT2D eigenvalue weighted by atomic mass is 10.0. The van der Waals surface area contributed by atoms with Crippen molar-refractivity contribution >= 4 is 17.9 Å². The molecule has 1 atom stereocenters. The van der Waals surface area contributed by atoms with E-state index in [1.165, 1.54) is 225 Å². The van der Waals surface area contributed by atoms with Gasteiger partial charge in [0.2, 0.25) is 0 Å². The average molecular weight is 962 g/mol. The van der Waals surface area contributed by atoms with E-state index in [0.29, 0.717) is 19.3 Å². The number of ether oxygens (including phenoxy) is 3. The highest BCUT2D eigenvalue weighted by Crippen LogP contribution is 2.19. The topological polar surface area (TPSA) is 78.9 Å². The second kappa shape index (κ2) is 53.2. The standard InChI is InChI=1S/C62H120O6/c1-56(2)48-42-36-30-24-19-15-11-9-7-8-10-12-18-22-28-35-41-47-53-62(65)68-59(55-67-61(64)52-46-40-34-29-23-26-32-38-44-50-58(5)6)54-66-60(63)51-45-39-33-27-21-17-14-13-16-20-25-31-37-43-49-57(3)4/h56-59H,7-55H2,1-6H3/t59-/m0/s1. The molecule has 0 amide bonds. The van der Waals surface area contributed by atoms with Gasteiger partial charge in [-0.1, -0.05) is 305 Å². The summed E-state index contributed by atoms with van der Waals surface area (Å²) in [6.07, 6.45) is 56.8. The van der Waals surface area contributed by atoms with Gasteiger partial charge >= 0.3 is 17.9 Å². The zero-order valence-corrected chi connectivity index (χ0v) is 46.9. The van der Waals surface area contributed by atoms with E-state index in [9.17, 15) is 14.4 Å². The molecule has 0 saturated carbocycles. The average Bonchev–Trinajstić information content (AvgIpc) is 3.30. The normalized spacial score (nSPS) is 12.1. The highest BCUT2D eigenvalue weighted by molar-refractivity contribution is 5.71. The summed E-state index contributed by atoms with van der Waals surface area (Å²) in [7, 11) is 0. The van der Waals surface area contributed by atoms with Crippen molar-refractivity contribution in [3.8, 4) is 0 Å². The molecule has 0 bridgehead atoms. The Morgan fingerprint density at radius 1 is 0.250 bits per heavy atom. The largest absolute Gasteiger partial charge is 0.462 e. The molecule has 6 nitrogen and oxygen atoms in total. The van der Waals surface area contributed by atoms with Crippen LogP contribution in [0.5, 0.6) is 0 Å². The third kappa shape index (κ3) is 55.3. The van der Waals surface area contributed by atoms with E-state index in [2.05, 4.69) is 41.5 Å². The molecule has 0 unspecified atom stereocenters. The van der Waals surface area contributed by atoms with Crippen LogP contribution >= 0.6 is 0 Å². The Kier molecular flexibility index (Phi) is 52.0. The Labute approximate surface area is 425 Å². The first-order chi connectivity index (χ1) is 33.1. The summed E-state index contributed by atoms with van der Waals surface area (Å²) in [6.45, 7) is 13.8. The molecule has 0 heterocycles. The predicted molar refractivity (Wildman–Crippen MR) is 293 cm³/mol. The lowest BCUT2D eigenvalue weighted by Gasteiger charge is -2.18. The molecule has 0 rings (SSSR count). The molecule has 0 radical (unpaired) electrons. The van der Waals surface area contributed by atoms with Crippen molar-refractivity contribution in [1.82, 2.24) is 0 Å². The molecular weight excluding hydrogens is 841 g/mol. The minimum Gasteiger partial charge on any atom is -0.462 e. The first-order valence-electron chi connectivity index (χ1n) is 30.6. The number of unbranched alkanes of at least 4 members (excludes halogenated alkanes) is 38. The van der Waals surface area contributed by atoms with Crippen LogP contribution in [0.15, 0.2) is 0 Å². The molecular formula is C62H120O6. The molecule has 0 aromatic rings. The molecule has 0 spiro atoms. The minimum absolute atomic E-state index is 0.0633. The van der Waals surface area contributed by atoms with E-state index in [1.807, 2.05) is 0 Å². The molecule has 0 aromatic heterocycles. The summed E-state index contributed by atoms with van der Waals surface area (Å²) in [4.78, 5) is 38.2. The van der Waals surface area contributed by atoms with Crippen LogP contribution in [0.1, 0.15) is 343 Å². The highest BCUT2D eigenvalue weighted by Gasteiger charge is 2.19. The fraction of sp³-hybridized carbons (Fsp3) is 0.952. The monoisotopic (exact) mass is 961 g/mol. The van der Waals surface area contributed by atoms with Gasteiger partial charge in [-0.3, -0.25) is 14.4 Å². The van der Waals surface area contributed by atoms with Crippen LogP contribution in [0.25, 0.3) is 0 Å². The second-order valence-electron chi connectivity index (χ2n) is 22.8. The molecule has 0 fully saturated rings. The highest BCUT2D eigenvalue weighted by atomic mass is 16.6. The first kappa shape index (κ1) is 66.4. The van der Waals surface area contributed by atoms with E-state index in [1.54, 1.807) is 0 Å². The molecule has 6 heteroatoms. The van der Waals surface area contributed by atoms with Gasteiger partial charge in [-0.05, 0) is 37.0 Å². The summed E-state index contributed by atoms with van der Waals surface area (Å²) < 4.78 is 16.9. The van der Waals surface area contributed by atoms with Crippen molar-refractivity contribution in [3.05, 3.63) is 0 Å². The Morgan fingerprint density at radius 2 is 0.426 bits per heavy atom. The van der Waals surface area contributed by atoms with Crippen LogP contribution in [0.4, 0.5) is 0 Å². The van der Waals surface area contributed by atoms with Crippen LogP contribution < -0.4 is 0 Å². The molecule has 0 N–H and O–H groups in total. The van der Waals surface area contributed by atoms with Gasteiger partial charge in [-0.25, -0.2) is 0 Å². The Morgan fingerprint density at radius 3 is 0.632 bits per heavy atom. The summed E-state index contributed by atoms with van der Waals surface area (Å²) in [5.74, 6) is 1.67. The number of carbonyl (C=O) groups is 3. The number of esters is 3. The third-order valence-corrected chi connectivity index (χ3v) is 14.1. The van der Waals surface area contributed by atoms with Gasteiger partial charge in [0, 0.05) is 19.3 Å². The van der Waals surface area contributed by atoms with Crippen LogP contribution in [0.2, 0.25) is 0 Å². The van der Waals surface area contributed by atoms with Gasteiger partial charge in [0.25, 0.3) is 0 Å². The Hall–Kier alpha value is -1.59. The Balaban J connectivity index is 4.25. The molecule has 68 heavy (non-hydrogen) atoms. The lowest BCUT2D eigenvalue weighted by molar-refractivity contribution is -0.167. The van der Waals surface area contributed by atoms with Crippen molar-refractivity contribution in [3.63, 3.8) is 0 Å². The van der Waals surface area contributed by atoms with Gasteiger partial charge < -0.3 is 14.2 Å². The van der Waals surface area contributed by atoms with Crippen molar-refractivity contribution < 1.29 is 28.6 Å². The molecule has 0 aliphatic heterocycles. The number of hydrogen-bond acceptors (Lipinski definition) is 6. The zero-order chi connectivity index (χ0) is 49.8. The summed E-state index contributed by atoms with van der Waals surface area (Å²) >= 11 is 0. The van der Waals surface area contributed by atoms with Crippen molar-refractivity contribution in [1.29, 1.82) is 0 Å². The summed E-state index contributed by atoms with van der Waals surface area (Å²) in [5, 5.41) is 0.